The minimum Gasteiger partial charge on any atom is -0.423 e. The number of ketones is 1. The molecule has 88 valence electrons. The maximum absolute atomic E-state index is 11.7. The summed E-state index contributed by atoms with van der Waals surface area (Å²) in [5.41, 5.74) is 0.368. The fraction of sp³-hybridized carbons (Fsp3) is 0.0667. The van der Waals surface area contributed by atoms with Crippen LogP contribution in [0.2, 0.25) is 0 Å². The van der Waals surface area contributed by atoms with E-state index in [4.69, 9.17) is 4.42 Å². The van der Waals surface area contributed by atoms with Gasteiger partial charge in [-0.05, 0) is 23.8 Å². The summed E-state index contributed by atoms with van der Waals surface area (Å²) < 4.78 is 5.15. The molecule has 0 spiro atoms. The number of fused-ring (bicyclic) bond motifs is 3. The van der Waals surface area contributed by atoms with Crippen LogP contribution in [0, 0.1) is 0 Å². The molecule has 0 atom stereocenters. The Morgan fingerprint density at radius 2 is 1.89 bits per heavy atom. The first-order valence-electron chi connectivity index (χ1n) is 5.63. The minimum absolute atomic E-state index is 0.135. The molecule has 0 amide bonds. The summed E-state index contributed by atoms with van der Waals surface area (Å²) in [6, 6.07) is 12.6. The molecular formula is C15H10O3. The smallest absolute Gasteiger partial charge is 0.336 e. The highest BCUT2D eigenvalue weighted by Crippen LogP contribution is 2.27. The molecule has 0 radical (unpaired) electrons. The molecule has 0 fully saturated rings. The third-order valence-corrected chi connectivity index (χ3v) is 3.01. The second-order valence-electron chi connectivity index (χ2n) is 4.20. The zero-order valence-electron chi connectivity index (χ0n) is 9.77. The zero-order chi connectivity index (χ0) is 12.7. The third-order valence-electron chi connectivity index (χ3n) is 3.01. The van der Waals surface area contributed by atoms with E-state index >= 15 is 0 Å². The van der Waals surface area contributed by atoms with Crippen LogP contribution in [0.15, 0.2) is 51.7 Å². The highest BCUT2D eigenvalue weighted by Gasteiger charge is 2.12. The van der Waals surface area contributed by atoms with Gasteiger partial charge in [0.05, 0.1) is 0 Å². The summed E-state index contributed by atoms with van der Waals surface area (Å²) in [4.78, 5) is 23.1. The summed E-state index contributed by atoms with van der Waals surface area (Å²) in [6.45, 7) is 1.45. The van der Waals surface area contributed by atoms with Gasteiger partial charge in [-0.25, -0.2) is 4.79 Å². The Kier molecular flexibility index (Phi) is 2.27. The highest BCUT2D eigenvalue weighted by molar-refractivity contribution is 6.16. The summed E-state index contributed by atoms with van der Waals surface area (Å²) in [6.07, 6.45) is 0. The number of Topliss-reactive ketones (excluding diaryl/α,β-unsaturated/α-hetero) is 1. The van der Waals surface area contributed by atoms with Gasteiger partial charge in [0, 0.05) is 17.0 Å². The van der Waals surface area contributed by atoms with Crippen LogP contribution in [-0.2, 0) is 0 Å². The monoisotopic (exact) mass is 238 g/mol. The Hall–Kier alpha value is -2.42. The van der Waals surface area contributed by atoms with Crippen molar-refractivity contribution in [3.8, 4) is 0 Å². The predicted molar refractivity (Wildman–Crippen MR) is 70.0 cm³/mol. The third kappa shape index (κ3) is 1.52. The number of carbonyl (C=O) groups excluding carboxylic acids is 1. The molecule has 1 aromatic heterocycles. The van der Waals surface area contributed by atoms with Crippen molar-refractivity contribution in [1.82, 2.24) is 0 Å². The first kappa shape index (κ1) is 10.7. The topological polar surface area (TPSA) is 47.3 Å². The van der Waals surface area contributed by atoms with Crippen LogP contribution in [0.1, 0.15) is 17.3 Å². The molecule has 0 saturated heterocycles. The summed E-state index contributed by atoms with van der Waals surface area (Å²) >= 11 is 0. The van der Waals surface area contributed by atoms with E-state index < -0.39 is 5.63 Å². The summed E-state index contributed by atoms with van der Waals surface area (Å²) in [7, 11) is 0. The van der Waals surface area contributed by atoms with Gasteiger partial charge in [-0.15, -0.1) is 0 Å². The molecule has 3 aromatic rings. The molecule has 18 heavy (non-hydrogen) atoms. The van der Waals surface area contributed by atoms with E-state index in [0.29, 0.717) is 16.5 Å². The van der Waals surface area contributed by atoms with Crippen molar-refractivity contribution in [2.24, 2.45) is 0 Å². The first-order chi connectivity index (χ1) is 8.66. The van der Waals surface area contributed by atoms with Crippen molar-refractivity contribution in [1.29, 1.82) is 0 Å². The minimum atomic E-state index is -0.497. The van der Waals surface area contributed by atoms with Crippen LogP contribution in [0.3, 0.4) is 0 Å². The molecule has 1 heterocycles. The normalized spacial score (nSPS) is 10.9. The first-order valence-corrected chi connectivity index (χ1v) is 5.63. The highest BCUT2D eigenvalue weighted by atomic mass is 16.4. The SMILES string of the molecule is CC(=O)c1cc(=O)oc2ccc3ccccc3c12. The summed E-state index contributed by atoms with van der Waals surface area (Å²) in [5, 5.41) is 2.64. The average molecular weight is 238 g/mol. The standard InChI is InChI=1S/C15H10O3/c1-9(16)12-8-14(17)18-13-7-6-10-4-2-3-5-11(10)15(12)13/h2-8H,1H3. The number of rotatable bonds is 1. The van der Waals surface area contributed by atoms with Gasteiger partial charge in [-0.1, -0.05) is 30.3 Å². The van der Waals surface area contributed by atoms with E-state index in [1.54, 1.807) is 6.07 Å². The van der Waals surface area contributed by atoms with Crippen molar-refractivity contribution in [3.05, 3.63) is 58.4 Å². The Bertz CT molecular complexity index is 828. The van der Waals surface area contributed by atoms with Crippen LogP contribution in [0.25, 0.3) is 21.7 Å². The van der Waals surface area contributed by atoms with E-state index in [0.717, 1.165) is 10.8 Å². The lowest BCUT2D eigenvalue weighted by Gasteiger charge is -2.05. The quantitative estimate of drug-likeness (QED) is 0.371. The molecular weight excluding hydrogens is 228 g/mol. The fourth-order valence-corrected chi connectivity index (χ4v) is 2.22. The van der Waals surface area contributed by atoms with Crippen molar-refractivity contribution >= 4 is 27.5 Å². The van der Waals surface area contributed by atoms with Crippen LogP contribution in [0.4, 0.5) is 0 Å². The Balaban J connectivity index is 2.63. The van der Waals surface area contributed by atoms with E-state index in [1.807, 2.05) is 30.3 Å². The molecule has 3 heteroatoms. The van der Waals surface area contributed by atoms with Crippen LogP contribution in [0.5, 0.6) is 0 Å². The van der Waals surface area contributed by atoms with Crippen LogP contribution < -0.4 is 5.63 Å². The maximum atomic E-state index is 11.7. The molecule has 0 aliphatic heterocycles. The van der Waals surface area contributed by atoms with Crippen LogP contribution in [-0.4, -0.2) is 5.78 Å². The predicted octanol–water partition coefficient (Wildman–Crippen LogP) is 3.15. The van der Waals surface area contributed by atoms with E-state index in [-0.39, 0.29) is 5.78 Å². The van der Waals surface area contributed by atoms with Gasteiger partial charge in [0.1, 0.15) is 5.58 Å². The maximum Gasteiger partial charge on any atom is 0.336 e. The molecule has 0 unspecified atom stereocenters. The van der Waals surface area contributed by atoms with Crippen molar-refractivity contribution in [2.75, 3.05) is 0 Å². The zero-order valence-corrected chi connectivity index (χ0v) is 9.77. The molecule has 0 N–H and O–H groups in total. The number of benzene rings is 2. The van der Waals surface area contributed by atoms with E-state index in [2.05, 4.69) is 0 Å². The lowest BCUT2D eigenvalue weighted by molar-refractivity contribution is 0.101. The van der Waals surface area contributed by atoms with Gasteiger partial charge < -0.3 is 4.42 Å². The average Bonchev–Trinajstić information content (AvgIpc) is 2.37. The Labute approximate surface area is 103 Å². The fourth-order valence-electron chi connectivity index (χ4n) is 2.22. The summed E-state index contributed by atoms with van der Waals surface area (Å²) in [5.74, 6) is -0.135. The van der Waals surface area contributed by atoms with Crippen LogP contribution >= 0.6 is 0 Å². The van der Waals surface area contributed by atoms with Gasteiger partial charge >= 0.3 is 5.63 Å². The van der Waals surface area contributed by atoms with Crippen molar-refractivity contribution in [3.63, 3.8) is 0 Å². The molecule has 0 saturated carbocycles. The number of carbonyl (C=O) groups is 1. The van der Waals surface area contributed by atoms with Crippen molar-refractivity contribution < 1.29 is 9.21 Å². The number of hydrogen-bond acceptors (Lipinski definition) is 3. The molecule has 0 bridgehead atoms. The van der Waals surface area contributed by atoms with Crippen molar-refractivity contribution in [2.45, 2.75) is 6.92 Å². The lowest BCUT2D eigenvalue weighted by Crippen LogP contribution is -2.04. The molecule has 2 aromatic carbocycles. The van der Waals surface area contributed by atoms with Gasteiger partial charge in [0.25, 0.3) is 0 Å². The molecule has 0 aliphatic rings. The van der Waals surface area contributed by atoms with E-state index in [1.165, 1.54) is 13.0 Å². The Morgan fingerprint density at radius 1 is 1.11 bits per heavy atom. The Morgan fingerprint density at radius 3 is 2.67 bits per heavy atom. The van der Waals surface area contributed by atoms with Gasteiger partial charge in [-0.3, -0.25) is 4.79 Å². The second-order valence-corrected chi connectivity index (χ2v) is 4.20. The largest absolute Gasteiger partial charge is 0.423 e. The molecule has 3 nitrogen and oxygen atoms in total. The lowest BCUT2D eigenvalue weighted by atomic mass is 10.0. The second kappa shape index (κ2) is 3.81. The van der Waals surface area contributed by atoms with Gasteiger partial charge in [0.2, 0.25) is 0 Å². The molecule has 3 rings (SSSR count). The number of hydrogen-bond donors (Lipinski definition) is 0. The van der Waals surface area contributed by atoms with E-state index in [9.17, 15) is 9.59 Å². The molecule has 0 aliphatic carbocycles. The van der Waals surface area contributed by atoms with Gasteiger partial charge in [0.15, 0.2) is 5.78 Å². The van der Waals surface area contributed by atoms with Gasteiger partial charge in [-0.2, -0.15) is 0 Å².